The summed E-state index contributed by atoms with van der Waals surface area (Å²) in [5, 5.41) is 14.9. The van der Waals surface area contributed by atoms with Gasteiger partial charge in [0, 0.05) is 35.9 Å². The number of sulfonamides is 1. The van der Waals surface area contributed by atoms with Gasteiger partial charge in [0.15, 0.2) is 5.13 Å². The summed E-state index contributed by atoms with van der Waals surface area (Å²) in [6.45, 7) is 2.65. The molecule has 8 nitrogen and oxygen atoms in total. The van der Waals surface area contributed by atoms with Crippen molar-refractivity contribution in [1.82, 2.24) is 14.5 Å². The molecule has 11 heteroatoms. The number of piperidine rings is 1. The number of rotatable bonds is 6. The Morgan fingerprint density at radius 2 is 1.89 bits per heavy atom. The summed E-state index contributed by atoms with van der Waals surface area (Å²) in [4.78, 5) is 19.1. The number of amides is 1. The number of nitrogens with one attached hydrogen (secondary N) is 1. The number of carbonyl (C=O) groups excluding carboxylic acids is 1. The number of benzene rings is 2. The summed E-state index contributed by atoms with van der Waals surface area (Å²) in [5.74, 6) is -0.0239. The van der Waals surface area contributed by atoms with Crippen LogP contribution in [0.15, 0.2) is 71.2 Å². The summed E-state index contributed by atoms with van der Waals surface area (Å²) in [6, 6.07) is 13.4. The molecule has 0 saturated carbocycles. The van der Waals surface area contributed by atoms with E-state index in [0.29, 0.717) is 41.6 Å². The first kappa shape index (κ1) is 24.8. The fourth-order valence-corrected chi connectivity index (χ4v) is 6.58. The molecule has 4 aromatic rings. The van der Waals surface area contributed by atoms with Gasteiger partial charge in [0.25, 0.3) is 10.0 Å². The van der Waals surface area contributed by atoms with Crippen molar-refractivity contribution in [2.24, 2.45) is 0 Å². The molecule has 2 aromatic heterocycles. The zero-order chi connectivity index (χ0) is 25.5. The van der Waals surface area contributed by atoms with Crippen molar-refractivity contribution in [1.29, 1.82) is 0 Å². The van der Waals surface area contributed by atoms with E-state index in [9.17, 15) is 18.3 Å². The van der Waals surface area contributed by atoms with Gasteiger partial charge >= 0.3 is 0 Å². The Morgan fingerprint density at radius 3 is 2.56 bits per heavy atom. The first-order valence-corrected chi connectivity index (χ1v) is 14.2. The predicted octanol–water partition coefficient (Wildman–Crippen LogP) is 4.62. The lowest BCUT2D eigenvalue weighted by Gasteiger charge is -2.39. The van der Waals surface area contributed by atoms with Gasteiger partial charge in [-0.3, -0.25) is 9.52 Å². The minimum absolute atomic E-state index is 0.0239. The molecule has 1 aliphatic heterocycles. The zero-order valence-corrected chi connectivity index (χ0v) is 21.9. The van der Waals surface area contributed by atoms with Crippen molar-refractivity contribution >= 4 is 54.9 Å². The lowest BCUT2D eigenvalue weighted by molar-refractivity contribution is -0.138. The summed E-state index contributed by atoms with van der Waals surface area (Å²) >= 11 is 7.35. The fourth-order valence-electron chi connectivity index (χ4n) is 4.62. The molecular weight excluding hydrogens is 520 g/mol. The molecule has 0 spiro atoms. The van der Waals surface area contributed by atoms with Crippen molar-refractivity contribution in [2.45, 2.75) is 36.3 Å². The number of carbonyl (C=O) groups is 1. The summed E-state index contributed by atoms with van der Waals surface area (Å²) in [7, 11) is -3.77. The van der Waals surface area contributed by atoms with Gasteiger partial charge in [-0.15, -0.1) is 11.3 Å². The number of nitrogens with zero attached hydrogens (tertiary/aromatic N) is 3. The van der Waals surface area contributed by atoms with Crippen LogP contribution in [-0.4, -0.2) is 47.0 Å². The first-order chi connectivity index (χ1) is 17.2. The number of aliphatic hydroxyl groups is 1. The Kier molecular flexibility index (Phi) is 6.54. The number of likely N-dealkylation sites (tertiary alicyclic amines) is 1. The second kappa shape index (κ2) is 9.51. The minimum Gasteiger partial charge on any atom is -0.385 e. The van der Waals surface area contributed by atoms with Gasteiger partial charge in [0.2, 0.25) is 5.91 Å². The van der Waals surface area contributed by atoms with E-state index in [-0.39, 0.29) is 10.8 Å². The fraction of sp³-hybridized carbons (Fsp3) is 0.280. The number of fused-ring (bicyclic) bond motifs is 1. The minimum atomic E-state index is -3.77. The molecule has 0 bridgehead atoms. The molecule has 188 valence electrons. The van der Waals surface area contributed by atoms with Crippen LogP contribution in [-0.2, 0) is 20.4 Å². The number of hydrogen-bond acceptors (Lipinski definition) is 6. The van der Waals surface area contributed by atoms with E-state index in [1.165, 1.54) is 29.7 Å². The van der Waals surface area contributed by atoms with Gasteiger partial charge in [-0.05, 0) is 61.0 Å². The summed E-state index contributed by atoms with van der Waals surface area (Å²) < 4.78 is 29.5. The highest BCUT2D eigenvalue weighted by Gasteiger charge is 2.37. The molecule has 1 aliphatic rings. The van der Waals surface area contributed by atoms with Gasteiger partial charge in [-0.2, -0.15) is 0 Å². The monoisotopic (exact) mass is 544 g/mol. The third-order valence-electron chi connectivity index (χ3n) is 6.72. The standard InChI is InChI=1S/C25H25ClN4O4S2/c1-17(30-12-8-18-2-5-20(26)16-22(18)30)23(31)29-13-9-25(32,10-14-29)19-3-6-21(7-4-19)36(33,34)28-24-27-11-15-35-24/h2-8,11-12,15-17,32H,9-10,13-14H2,1H3,(H,27,28)/t17-/m0/s1. The second-order valence-electron chi connectivity index (χ2n) is 8.93. The Bertz CT molecular complexity index is 1490. The lowest BCUT2D eigenvalue weighted by atomic mass is 9.84. The average Bonchev–Trinajstić information content (AvgIpc) is 3.53. The molecule has 3 heterocycles. The van der Waals surface area contributed by atoms with Crippen LogP contribution in [0.25, 0.3) is 10.9 Å². The number of thiazole rings is 1. The number of hydrogen-bond donors (Lipinski definition) is 2. The average molecular weight is 545 g/mol. The molecule has 36 heavy (non-hydrogen) atoms. The van der Waals surface area contributed by atoms with Crippen LogP contribution >= 0.6 is 22.9 Å². The van der Waals surface area contributed by atoms with Crippen molar-refractivity contribution < 1.29 is 18.3 Å². The summed E-state index contributed by atoms with van der Waals surface area (Å²) in [6.07, 6.45) is 4.12. The van der Waals surface area contributed by atoms with Crippen LogP contribution in [0.4, 0.5) is 5.13 Å². The van der Waals surface area contributed by atoms with E-state index >= 15 is 0 Å². The third-order valence-corrected chi connectivity index (χ3v) is 9.13. The van der Waals surface area contributed by atoms with Crippen molar-refractivity contribution in [2.75, 3.05) is 17.8 Å². The maximum absolute atomic E-state index is 13.3. The Labute approximate surface area is 218 Å². The quantitative estimate of drug-likeness (QED) is 0.368. The van der Waals surface area contributed by atoms with Gasteiger partial charge in [0.1, 0.15) is 6.04 Å². The molecule has 0 unspecified atom stereocenters. The maximum atomic E-state index is 13.3. The predicted molar refractivity (Wildman–Crippen MR) is 141 cm³/mol. The molecule has 1 amide bonds. The third kappa shape index (κ3) is 4.73. The molecule has 2 aromatic carbocycles. The molecule has 1 fully saturated rings. The highest BCUT2D eigenvalue weighted by Crippen LogP contribution is 2.34. The normalized spacial score (nSPS) is 16.7. The van der Waals surface area contributed by atoms with Crippen molar-refractivity contribution in [3.05, 3.63) is 76.9 Å². The molecule has 2 N–H and O–H groups in total. The van der Waals surface area contributed by atoms with E-state index in [4.69, 9.17) is 11.6 Å². The molecule has 5 rings (SSSR count). The Hall–Kier alpha value is -2.92. The number of anilines is 1. The van der Waals surface area contributed by atoms with Crippen LogP contribution in [0.3, 0.4) is 0 Å². The van der Waals surface area contributed by atoms with Gasteiger partial charge in [0.05, 0.1) is 16.0 Å². The molecule has 1 atom stereocenters. The van der Waals surface area contributed by atoms with Crippen molar-refractivity contribution in [3.8, 4) is 0 Å². The molecule has 0 radical (unpaired) electrons. The van der Waals surface area contributed by atoms with E-state index in [1.54, 1.807) is 22.4 Å². The van der Waals surface area contributed by atoms with E-state index in [2.05, 4.69) is 9.71 Å². The van der Waals surface area contributed by atoms with Crippen molar-refractivity contribution in [3.63, 3.8) is 0 Å². The molecular formula is C25H25ClN4O4S2. The topological polar surface area (TPSA) is 105 Å². The Morgan fingerprint density at radius 1 is 1.17 bits per heavy atom. The van der Waals surface area contributed by atoms with Gasteiger partial charge in [-0.25, -0.2) is 13.4 Å². The van der Waals surface area contributed by atoms with E-state index < -0.39 is 21.7 Å². The van der Waals surface area contributed by atoms with E-state index in [1.807, 2.05) is 42.0 Å². The van der Waals surface area contributed by atoms with Crippen LogP contribution in [0.2, 0.25) is 5.02 Å². The molecule has 1 saturated heterocycles. The first-order valence-electron chi connectivity index (χ1n) is 11.5. The second-order valence-corrected chi connectivity index (χ2v) is 11.9. The number of halogens is 1. The summed E-state index contributed by atoms with van der Waals surface area (Å²) in [5.41, 5.74) is 0.386. The lowest BCUT2D eigenvalue weighted by Crippen LogP contribution is -2.47. The smallest absolute Gasteiger partial charge is 0.263 e. The van der Waals surface area contributed by atoms with Crippen LogP contribution in [0, 0.1) is 0 Å². The van der Waals surface area contributed by atoms with Crippen LogP contribution < -0.4 is 4.72 Å². The number of aromatic nitrogens is 2. The SMILES string of the molecule is C[C@@H](C(=O)N1CCC(O)(c2ccc(S(=O)(=O)Nc3nccs3)cc2)CC1)n1ccc2ccc(Cl)cc21. The largest absolute Gasteiger partial charge is 0.385 e. The van der Waals surface area contributed by atoms with Gasteiger partial charge < -0.3 is 14.6 Å². The van der Waals surface area contributed by atoms with Gasteiger partial charge in [-0.1, -0.05) is 29.8 Å². The van der Waals surface area contributed by atoms with Crippen LogP contribution in [0.5, 0.6) is 0 Å². The van der Waals surface area contributed by atoms with Crippen LogP contribution in [0.1, 0.15) is 31.4 Å². The highest BCUT2D eigenvalue weighted by atomic mass is 35.5. The highest BCUT2D eigenvalue weighted by molar-refractivity contribution is 7.93. The van der Waals surface area contributed by atoms with E-state index in [0.717, 1.165) is 10.9 Å². The molecule has 0 aliphatic carbocycles. The Balaban J connectivity index is 1.26. The maximum Gasteiger partial charge on any atom is 0.263 e. The zero-order valence-electron chi connectivity index (χ0n) is 19.5.